The van der Waals surface area contributed by atoms with E-state index in [-0.39, 0.29) is 5.41 Å². The Morgan fingerprint density at radius 1 is 0.411 bits per heavy atom. The molecule has 0 saturated heterocycles. The smallest absolute Gasteiger partial charge is 0.164 e. The van der Waals surface area contributed by atoms with Gasteiger partial charge in [0.05, 0.1) is 16.7 Å². The van der Waals surface area contributed by atoms with Crippen molar-refractivity contribution in [1.29, 1.82) is 0 Å². The molecule has 1 aliphatic carbocycles. The molecule has 10 aromatic rings. The number of nitrogens with zero attached hydrogens (tertiary/aromatic N) is 4. The van der Waals surface area contributed by atoms with Crippen LogP contribution in [0.2, 0.25) is 0 Å². The Hall–Kier alpha value is -7.17. The van der Waals surface area contributed by atoms with Crippen molar-refractivity contribution < 1.29 is 0 Å². The van der Waals surface area contributed by atoms with Gasteiger partial charge in [-0.15, -0.1) is 0 Å². The van der Waals surface area contributed by atoms with E-state index in [0.29, 0.717) is 17.5 Å². The summed E-state index contributed by atoms with van der Waals surface area (Å²) < 4.78 is 2.42. The standard InChI is InChI=1S/C52H36N4/c1-52(2)43-27-12-11-23-39(43)40-25-14-24-38(48(40)52)36-30-31-45-42(32-36)47-41(26-15-29-46(47)56(45)44-28-13-21-33-16-9-10-22-37(33)44)51-54-49(34-17-5-3-6-18-34)53-50(55-51)35-19-7-4-8-20-35/h3-32H,1-2H3. The third-order valence-corrected chi connectivity index (χ3v) is 11.6. The van der Waals surface area contributed by atoms with E-state index in [1.165, 1.54) is 44.2 Å². The van der Waals surface area contributed by atoms with E-state index < -0.39 is 0 Å². The van der Waals surface area contributed by atoms with Crippen LogP contribution in [0.15, 0.2) is 182 Å². The van der Waals surface area contributed by atoms with Gasteiger partial charge >= 0.3 is 0 Å². The molecule has 4 heteroatoms. The highest BCUT2D eigenvalue weighted by Crippen LogP contribution is 2.52. The molecule has 264 valence electrons. The highest BCUT2D eigenvalue weighted by atomic mass is 15.0. The summed E-state index contributed by atoms with van der Waals surface area (Å²) in [5, 5.41) is 4.65. The molecule has 0 bridgehead atoms. The van der Waals surface area contributed by atoms with E-state index in [2.05, 4.69) is 164 Å². The number of benzene rings is 8. The van der Waals surface area contributed by atoms with Gasteiger partial charge in [0.1, 0.15) is 0 Å². The van der Waals surface area contributed by atoms with Gasteiger partial charge in [-0.3, -0.25) is 0 Å². The molecule has 4 nitrogen and oxygen atoms in total. The fourth-order valence-electron chi connectivity index (χ4n) is 9.10. The molecule has 11 rings (SSSR count). The van der Waals surface area contributed by atoms with Gasteiger partial charge in [0.2, 0.25) is 0 Å². The molecule has 8 aromatic carbocycles. The van der Waals surface area contributed by atoms with Gasteiger partial charge in [0.15, 0.2) is 17.5 Å². The molecule has 0 spiro atoms. The topological polar surface area (TPSA) is 43.6 Å². The van der Waals surface area contributed by atoms with Crippen LogP contribution in [0.3, 0.4) is 0 Å². The Morgan fingerprint density at radius 2 is 1.00 bits per heavy atom. The number of aromatic nitrogens is 4. The van der Waals surface area contributed by atoms with Crippen LogP contribution >= 0.6 is 0 Å². The van der Waals surface area contributed by atoms with Crippen LogP contribution in [0, 0.1) is 0 Å². The number of hydrogen-bond acceptors (Lipinski definition) is 3. The molecule has 0 amide bonds. The van der Waals surface area contributed by atoms with Crippen molar-refractivity contribution in [2.45, 2.75) is 19.3 Å². The number of fused-ring (bicyclic) bond motifs is 7. The maximum Gasteiger partial charge on any atom is 0.164 e. The molecule has 0 saturated carbocycles. The number of rotatable bonds is 5. The second-order valence-corrected chi connectivity index (χ2v) is 15.2. The lowest BCUT2D eigenvalue weighted by atomic mass is 9.79. The summed E-state index contributed by atoms with van der Waals surface area (Å²) in [6, 6.07) is 64.8. The molecule has 0 unspecified atom stereocenters. The van der Waals surface area contributed by atoms with Gasteiger partial charge in [-0.25, -0.2) is 15.0 Å². The van der Waals surface area contributed by atoms with E-state index in [0.717, 1.165) is 44.2 Å². The average molecular weight is 717 g/mol. The first kappa shape index (κ1) is 32.3. The number of hydrogen-bond donors (Lipinski definition) is 0. The summed E-state index contributed by atoms with van der Waals surface area (Å²) in [7, 11) is 0. The van der Waals surface area contributed by atoms with Crippen LogP contribution in [0.4, 0.5) is 0 Å². The summed E-state index contributed by atoms with van der Waals surface area (Å²) >= 11 is 0. The second kappa shape index (κ2) is 12.4. The minimum Gasteiger partial charge on any atom is -0.309 e. The maximum absolute atomic E-state index is 5.23. The molecule has 1 aliphatic rings. The normalized spacial score (nSPS) is 13.0. The van der Waals surface area contributed by atoms with Gasteiger partial charge in [0.25, 0.3) is 0 Å². The Bertz CT molecular complexity index is 3100. The monoisotopic (exact) mass is 716 g/mol. The quantitative estimate of drug-likeness (QED) is 0.178. The maximum atomic E-state index is 5.23. The Morgan fingerprint density at radius 3 is 1.79 bits per heavy atom. The molecule has 0 aliphatic heterocycles. The summed E-state index contributed by atoms with van der Waals surface area (Å²) in [5.74, 6) is 1.93. The van der Waals surface area contributed by atoms with Gasteiger partial charge in [0, 0.05) is 38.3 Å². The van der Waals surface area contributed by atoms with E-state index in [1.54, 1.807) is 0 Å². The van der Waals surface area contributed by atoms with Gasteiger partial charge in [-0.2, -0.15) is 0 Å². The van der Waals surface area contributed by atoms with Gasteiger partial charge < -0.3 is 4.57 Å². The lowest BCUT2D eigenvalue weighted by Gasteiger charge is -2.24. The molecule has 0 radical (unpaired) electrons. The first-order valence-electron chi connectivity index (χ1n) is 19.2. The molecule has 2 aromatic heterocycles. The third kappa shape index (κ3) is 4.89. The lowest BCUT2D eigenvalue weighted by molar-refractivity contribution is 0.662. The molecule has 56 heavy (non-hydrogen) atoms. The van der Waals surface area contributed by atoms with Crippen molar-refractivity contribution in [1.82, 2.24) is 19.5 Å². The first-order chi connectivity index (χ1) is 27.5. The Labute approximate surface area is 325 Å². The van der Waals surface area contributed by atoms with Crippen molar-refractivity contribution in [2.75, 3.05) is 0 Å². The van der Waals surface area contributed by atoms with Crippen molar-refractivity contribution in [3.05, 3.63) is 193 Å². The van der Waals surface area contributed by atoms with Crippen LogP contribution in [-0.4, -0.2) is 19.5 Å². The minimum atomic E-state index is -0.147. The highest BCUT2D eigenvalue weighted by molar-refractivity contribution is 6.17. The summed E-state index contributed by atoms with van der Waals surface area (Å²) in [6.45, 7) is 4.72. The Kier molecular flexibility index (Phi) is 7.17. The van der Waals surface area contributed by atoms with Crippen LogP contribution < -0.4 is 0 Å². The zero-order valence-corrected chi connectivity index (χ0v) is 31.1. The van der Waals surface area contributed by atoms with Crippen molar-refractivity contribution in [3.8, 4) is 62.1 Å². The Balaban J connectivity index is 1.22. The minimum absolute atomic E-state index is 0.147. The lowest BCUT2D eigenvalue weighted by Crippen LogP contribution is -2.16. The average Bonchev–Trinajstić information content (AvgIpc) is 3.72. The fourth-order valence-corrected chi connectivity index (χ4v) is 9.10. The molecular weight excluding hydrogens is 681 g/mol. The molecule has 0 fully saturated rings. The summed E-state index contributed by atoms with van der Waals surface area (Å²) in [5.41, 5.74) is 13.9. The zero-order valence-electron chi connectivity index (χ0n) is 31.1. The van der Waals surface area contributed by atoms with Crippen LogP contribution in [0.25, 0.3) is 94.7 Å². The van der Waals surface area contributed by atoms with E-state index in [1.807, 2.05) is 36.4 Å². The largest absolute Gasteiger partial charge is 0.309 e. The third-order valence-electron chi connectivity index (χ3n) is 11.6. The molecular formula is C52H36N4. The second-order valence-electron chi connectivity index (χ2n) is 15.2. The van der Waals surface area contributed by atoms with Crippen LogP contribution in [0.5, 0.6) is 0 Å². The van der Waals surface area contributed by atoms with Crippen molar-refractivity contribution in [3.63, 3.8) is 0 Å². The van der Waals surface area contributed by atoms with Crippen LogP contribution in [-0.2, 0) is 5.41 Å². The van der Waals surface area contributed by atoms with Crippen LogP contribution in [0.1, 0.15) is 25.0 Å². The van der Waals surface area contributed by atoms with Crippen molar-refractivity contribution >= 4 is 32.6 Å². The van der Waals surface area contributed by atoms with E-state index in [4.69, 9.17) is 15.0 Å². The van der Waals surface area contributed by atoms with E-state index in [9.17, 15) is 0 Å². The SMILES string of the molecule is CC1(C)c2ccccc2-c2cccc(-c3ccc4c(c3)c3c(-c5nc(-c6ccccc6)nc(-c6ccccc6)n5)cccc3n4-c3cccc4ccccc34)c21. The predicted octanol–water partition coefficient (Wildman–Crippen LogP) is 13.1. The van der Waals surface area contributed by atoms with Gasteiger partial charge in [-0.05, 0) is 63.0 Å². The van der Waals surface area contributed by atoms with E-state index >= 15 is 0 Å². The highest BCUT2D eigenvalue weighted by Gasteiger charge is 2.37. The summed E-state index contributed by atoms with van der Waals surface area (Å²) in [6.07, 6.45) is 0. The van der Waals surface area contributed by atoms with Gasteiger partial charge in [-0.1, -0.05) is 172 Å². The predicted molar refractivity (Wildman–Crippen MR) is 231 cm³/mol. The summed E-state index contributed by atoms with van der Waals surface area (Å²) in [4.78, 5) is 15.5. The van der Waals surface area contributed by atoms with Crippen molar-refractivity contribution in [2.24, 2.45) is 0 Å². The fraction of sp³-hybridized carbons (Fsp3) is 0.0577. The first-order valence-corrected chi connectivity index (χ1v) is 19.2. The molecule has 0 atom stereocenters. The molecule has 0 N–H and O–H groups in total. The zero-order chi connectivity index (χ0) is 37.4. The molecule has 2 heterocycles.